The van der Waals surface area contributed by atoms with Gasteiger partial charge in [0.25, 0.3) is 5.91 Å². The van der Waals surface area contributed by atoms with Crippen LogP contribution in [0.3, 0.4) is 0 Å². The molecule has 1 aromatic heterocycles. The average molecular weight is 416 g/mol. The van der Waals surface area contributed by atoms with E-state index in [9.17, 15) is 14.7 Å². The van der Waals surface area contributed by atoms with E-state index in [1.807, 2.05) is 0 Å². The number of nitrogens with zero attached hydrogens (tertiary/aromatic N) is 1. The molecule has 0 bridgehead atoms. The number of β-amino-alcohol motifs (C(OH)–C–C–N with tert-alkyl or cyclic N) is 1. The number of hydrogen-bond acceptors (Lipinski definition) is 6. The van der Waals surface area contributed by atoms with E-state index in [0.717, 1.165) is 0 Å². The van der Waals surface area contributed by atoms with Gasteiger partial charge in [-0.1, -0.05) is 17.7 Å². The number of amides is 1. The second kappa shape index (κ2) is 7.42. The molecule has 0 fully saturated rings. The minimum Gasteiger partial charge on any atom is -0.493 e. The molecule has 8 heteroatoms. The van der Waals surface area contributed by atoms with Gasteiger partial charge in [-0.05, 0) is 35.9 Å². The van der Waals surface area contributed by atoms with Gasteiger partial charge in [0.2, 0.25) is 5.76 Å². The average Bonchev–Trinajstić information content (AvgIpc) is 3.00. The van der Waals surface area contributed by atoms with Crippen molar-refractivity contribution < 1.29 is 23.8 Å². The van der Waals surface area contributed by atoms with Gasteiger partial charge in [0, 0.05) is 11.6 Å². The maximum atomic E-state index is 13.3. The number of rotatable bonds is 5. The fourth-order valence-corrected chi connectivity index (χ4v) is 3.87. The van der Waals surface area contributed by atoms with Gasteiger partial charge in [0.1, 0.15) is 5.58 Å². The lowest BCUT2D eigenvalue weighted by Gasteiger charge is -2.24. The quantitative estimate of drug-likeness (QED) is 0.689. The number of carbonyl (C=O) groups is 1. The Hall–Kier alpha value is -3.03. The van der Waals surface area contributed by atoms with E-state index < -0.39 is 11.9 Å². The van der Waals surface area contributed by atoms with Crippen LogP contribution in [0.15, 0.2) is 45.6 Å². The van der Waals surface area contributed by atoms with Crippen molar-refractivity contribution in [1.82, 2.24) is 4.90 Å². The fourth-order valence-electron chi connectivity index (χ4n) is 3.70. The molecule has 0 aliphatic carbocycles. The molecule has 2 heterocycles. The number of halogens is 1. The summed E-state index contributed by atoms with van der Waals surface area (Å²) in [5.41, 5.74) is 0.794. The first-order valence-corrected chi connectivity index (χ1v) is 9.28. The molecule has 3 aromatic rings. The molecule has 2 aromatic carbocycles. The summed E-state index contributed by atoms with van der Waals surface area (Å²) in [7, 11) is 3.03. The fraction of sp³-hybridized carbons (Fsp3) is 0.238. The summed E-state index contributed by atoms with van der Waals surface area (Å²) in [6, 6.07) is 9.10. The van der Waals surface area contributed by atoms with Crippen molar-refractivity contribution in [2.75, 3.05) is 27.4 Å². The van der Waals surface area contributed by atoms with Crippen molar-refractivity contribution >= 4 is 28.5 Å². The number of fused-ring (bicyclic) bond motifs is 2. The Morgan fingerprint density at radius 1 is 1.10 bits per heavy atom. The van der Waals surface area contributed by atoms with Crippen LogP contribution in [0.5, 0.6) is 11.5 Å². The zero-order chi connectivity index (χ0) is 20.7. The van der Waals surface area contributed by atoms with Gasteiger partial charge in [-0.25, -0.2) is 0 Å². The van der Waals surface area contributed by atoms with Gasteiger partial charge in [-0.3, -0.25) is 9.59 Å². The lowest BCUT2D eigenvalue weighted by molar-refractivity contribution is 0.0691. The molecule has 0 saturated carbocycles. The molecule has 0 spiro atoms. The Morgan fingerprint density at radius 3 is 2.55 bits per heavy atom. The molecule has 0 radical (unpaired) electrons. The minimum atomic E-state index is -0.732. The van der Waals surface area contributed by atoms with Gasteiger partial charge >= 0.3 is 0 Å². The summed E-state index contributed by atoms with van der Waals surface area (Å²) < 4.78 is 16.4. The largest absolute Gasteiger partial charge is 0.493 e. The van der Waals surface area contributed by atoms with E-state index in [0.29, 0.717) is 27.5 Å². The van der Waals surface area contributed by atoms with E-state index in [1.54, 1.807) is 30.3 Å². The molecule has 4 rings (SSSR count). The van der Waals surface area contributed by atoms with Gasteiger partial charge in [-0.15, -0.1) is 0 Å². The minimum absolute atomic E-state index is 0.0296. The molecule has 29 heavy (non-hydrogen) atoms. The lowest BCUT2D eigenvalue weighted by Crippen LogP contribution is -2.32. The zero-order valence-electron chi connectivity index (χ0n) is 15.8. The highest BCUT2D eigenvalue weighted by atomic mass is 35.5. The van der Waals surface area contributed by atoms with Crippen LogP contribution >= 0.6 is 11.6 Å². The molecule has 7 nitrogen and oxygen atoms in total. The lowest BCUT2D eigenvalue weighted by atomic mass is 9.98. The van der Waals surface area contributed by atoms with Crippen LogP contribution in [0.4, 0.5) is 0 Å². The maximum Gasteiger partial charge on any atom is 0.290 e. The van der Waals surface area contributed by atoms with Crippen LogP contribution in [-0.4, -0.2) is 43.3 Å². The zero-order valence-corrected chi connectivity index (χ0v) is 16.5. The summed E-state index contributed by atoms with van der Waals surface area (Å²) in [5, 5.41) is 10.2. The van der Waals surface area contributed by atoms with Crippen molar-refractivity contribution in [3.05, 3.63) is 68.5 Å². The number of aliphatic hydroxyl groups excluding tert-OH is 1. The van der Waals surface area contributed by atoms with E-state index in [-0.39, 0.29) is 35.5 Å². The van der Waals surface area contributed by atoms with Crippen LogP contribution in [0, 0.1) is 0 Å². The Morgan fingerprint density at radius 2 is 1.86 bits per heavy atom. The van der Waals surface area contributed by atoms with Gasteiger partial charge in [0.15, 0.2) is 16.9 Å². The van der Waals surface area contributed by atoms with Crippen molar-refractivity contribution in [3.8, 4) is 11.5 Å². The first kappa shape index (κ1) is 19.3. The maximum absolute atomic E-state index is 13.3. The Kier molecular flexibility index (Phi) is 4.94. The van der Waals surface area contributed by atoms with Crippen LogP contribution < -0.4 is 14.9 Å². The molecule has 1 unspecified atom stereocenters. The third-order valence-electron chi connectivity index (χ3n) is 4.99. The van der Waals surface area contributed by atoms with E-state index in [2.05, 4.69) is 0 Å². The third-order valence-corrected chi connectivity index (χ3v) is 5.23. The van der Waals surface area contributed by atoms with Gasteiger partial charge in [-0.2, -0.15) is 0 Å². The number of benzene rings is 2. The van der Waals surface area contributed by atoms with Crippen LogP contribution in [0.2, 0.25) is 5.02 Å². The molecule has 1 N–H and O–H groups in total. The normalized spacial score (nSPS) is 15.7. The topological polar surface area (TPSA) is 89.2 Å². The SMILES string of the molecule is COc1ccc(C2c3c(oc4ccc(Cl)cc4c3=O)C(=O)N2CCO)cc1OC. The predicted octanol–water partition coefficient (Wildman–Crippen LogP) is 3.00. The molecule has 1 amide bonds. The molecular weight excluding hydrogens is 398 g/mol. The van der Waals surface area contributed by atoms with Crippen LogP contribution in [0.1, 0.15) is 27.7 Å². The molecule has 1 aliphatic heterocycles. The number of ether oxygens (including phenoxy) is 2. The monoisotopic (exact) mass is 415 g/mol. The highest BCUT2D eigenvalue weighted by Gasteiger charge is 2.42. The number of aliphatic hydroxyl groups is 1. The third kappa shape index (κ3) is 3.03. The van der Waals surface area contributed by atoms with E-state index in [1.165, 1.54) is 25.2 Å². The van der Waals surface area contributed by atoms with Crippen molar-refractivity contribution in [2.24, 2.45) is 0 Å². The summed E-state index contributed by atoms with van der Waals surface area (Å²) in [6.45, 7) is -0.221. The Bertz CT molecular complexity index is 1170. The van der Waals surface area contributed by atoms with Gasteiger partial charge in [0.05, 0.1) is 37.8 Å². The summed E-state index contributed by atoms with van der Waals surface area (Å²) in [4.78, 5) is 27.7. The first-order chi connectivity index (χ1) is 14.0. The van der Waals surface area contributed by atoms with Crippen molar-refractivity contribution in [3.63, 3.8) is 0 Å². The predicted molar refractivity (Wildman–Crippen MR) is 107 cm³/mol. The Labute approximate surface area is 171 Å². The molecule has 1 aliphatic rings. The van der Waals surface area contributed by atoms with Gasteiger partial charge < -0.3 is 23.9 Å². The molecule has 150 valence electrons. The smallest absolute Gasteiger partial charge is 0.290 e. The van der Waals surface area contributed by atoms with Crippen molar-refractivity contribution in [2.45, 2.75) is 6.04 Å². The van der Waals surface area contributed by atoms with Crippen LogP contribution in [0.25, 0.3) is 11.0 Å². The molecule has 1 atom stereocenters. The molecular formula is C21H18ClNO6. The van der Waals surface area contributed by atoms with E-state index >= 15 is 0 Å². The molecule has 0 saturated heterocycles. The standard InChI is InChI=1S/C21H18ClNO6/c1-27-15-5-3-11(9-16(15)28-2)18-17-19(25)13-10-12(22)4-6-14(13)29-20(17)21(26)23(18)7-8-24/h3-6,9-10,18,24H,7-8H2,1-2H3. The summed E-state index contributed by atoms with van der Waals surface area (Å²) >= 11 is 6.05. The van der Waals surface area contributed by atoms with E-state index in [4.69, 9.17) is 25.5 Å². The van der Waals surface area contributed by atoms with Crippen molar-refractivity contribution in [1.29, 1.82) is 0 Å². The van der Waals surface area contributed by atoms with Crippen LogP contribution in [-0.2, 0) is 0 Å². The summed E-state index contributed by atoms with van der Waals surface area (Å²) in [5.74, 6) is 0.496. The summed E-state index contributed by atoms with van der Waals surface area (Å²) in [6.07, 6.45) is 0. The second-order valence-corrected chi connectivity index (χ2v) is 6.99. The number of methoxy groups -OCH3 is 2. The Balaban J connectivity index is 1.99. The number of carbonyl (C=O) groups excluding carboxylic acids is 1. The number of hydrogen-bond donors (Lipinski definition) is 1. The second-order valence-electron chi connectivity index (χ2n) is 6.55. The highest BCUT2D eigenvalue weighted by Crippen LogP contribution is 2.40. The highest BCUT2D eigenvalue weighted by molar-refractivity contribution is 6.31. The first-order valence-electron chi connectivity index (χ1n) is 8.90.